The van der Waals surface area contributed by atoms with Crippen LogP contribution >= 0.6 is 0 Å². The second-order valence-electron chi connectivity index (χ2n) is 4.49. The van der Waals surface area contributed by atoms with Crippen LogP contribution in [0.4, 0.5) is 0 Å². The Kier molecular flexibility index (Phi) is 2.25. The minimum atomic E-state index is -0.135. The van der Waals surface area contributed by atoms with Gasteiger partial charge in [-0.25, -0.2) is 0 Å². The third-order valence-corrected chi connectivity index (χ3v) is 3.27. The summed E-state index contributed by atoms with van der Waals surface area (Å²) < 4.78 is 0. The molecule has 0 saturated heterocycles. The Morgan fingerprint density at radius 1 is 1.12 bits per heavy atom. The van der Waals surface area contributed by atoms with Crippen LogP contribution in [0.25, 0.3) is 0 Å². The van der Waals surface area contributed by atoms with Crippen molar-refractivity contribution in [2.24, 2.45) is 0 Å². The molecule has 0 atom stereocenters. The summed E-state index contributed by atoms with van der Waals surface area (Å²) in [5.74, 6) is -0.0312. The van der Waals surface area contributed by atoms with E-state index in [0.717, 1.165) is 12.8 Å². The van der Waals surface area contributed by atoms with Gasteiger partial charge in [0.25, 0.3) is 5.91 Å². The van der Waals surface area contributed by atoms with Crippen molar-refractivity contribution >= 4 is 5.91 Å². The molecule has 1 aromatic carbocycles. The van der Waals surface area contributed by atoms with Gasteiger partial charge < -0.3 is 10.3 Å². The highest BCUT2D eigenvalue weighted by molar-refractivity contribution is 5.93. The number of carbonyl (C=O) groups is 1. The zero-order valence-electron chi connectivity index (χ0n) is 9.44. The van der Waals surface area contributed by atoms with E-state index >= 15 is 0 Å². The van der Waals surface area contributed by atoms with Crippen LogP contribution in [0.3, 0.4) is 0 Å². The third-order valence-electron chi connectivity index (χ3n) is 3.27. The SMILES string of the molecule is O=C(NC1(c2ccccc2)CC1)c1ccc[nH]1. The number of carbonyl (C=O) groups excluding carboxylic acids is 1. The van der Waals surface area contributed by atoms with Gasteiger partial charge in [0.2, 0.25) is 0 Å². The van der Waals surface area contributed by atoms with Gasteiger partial charge in [-0.05, 0) is 30.5 Å². The highest BCUT2D eigenvalue weighted by atomic mass is 16.2. The largest absolute Gasteiger partial charge is 0.357 e. The van der Waals surface area contributed by atoms with E-state index in [4.69, 9.17) is 0 Å². The lowest BCUT2D eigenvalue weighted by atomic mass is 10.1. The van der Waals surface area contributed by atoms with Crippen molar-refractivity contribution in [1.82, 2.24) is 10.3 Å². The summed E-state index contributed by atoms with van der Waals surface area (Å²) >= 11 is 0. The normalized spacial score (nSPS) is 16.5. The number of H-pyrrole nitrogens is 1. The summed E-state index contributed by atoms with van der Waals surface area (Å²) in [6.45, 7) is 0. The van der Waals surface area contributed by atoms with E-state index in [0.29, 0.717) is 5.69 Å². The maximum absolute atomic E-state index is 12.0. The number of rotatable bonds is 3. The van der Waals surface area contributed by atoms with Gasteiger partial charge in [0.1, 0.15) is 5.69 Å². The Balaban J connectivity index is 1.80. The van der Waals surface area contributed by atoms with Crippen LogP contribution in [0.15, 0.2) is 48.7 Å². The fourth-order valence-electron chi connectivity index (χ4n) is 2.12. The molecule has 17 heavy (non-hydrogen) atoms. The first-order valence-electron chi connectivity index (χ1n) is 5.82. The van der Waals surface area contributed by atoms with Crippen LogP contribution < -0.4 is 5.32 Å². The molecule has 0 unspecified atom stereocenters. The zero-order chi connectivity index (χ0) is 11.7. The van der Waals surface area contributed by atoms with E-state index in [1.165, 1.54) is 5.56 Å². The van der Waals surface area contributed by atoms with Crippen LogP contribution in [0.1, 0.15) is 28.9 Å². The molecule has 1 amide bonds. The zero-order valence-corrected chi connectivity index (χ0v) is 9.44. The molecule has 2 N–H and O–H groups in total. The van der Waals surface area contributed by atoms with Crippen LogP contribution in [-0.4, -0.2) is 10.9 Å². The van der Waals surface area contributed by atoms with E-state index in [2.05, 4.69) is 22.4 Å². The number of hydrogen-bond acceptors (Lipinski definition) is 1. The third kappa shape index (κ3) is 1.84. The van der Waals surface area contributed by atoms with Crippen molar-refractivity contribution in [2.45, 2.75) is 18.4 Å². The predicted molar refractivity (Wildman–Crippen MR) is 65.6 cm³/mol. The molecule has 1 saturated carbocycles. The smallest absolute Gasteiger partial charge is 0.268 e. The summed E-state index contributed by atoms with van der Waals surface area (Å²) in [6, 6.07) is 13.8. The first kappa shape index (κ1) is 10.1. The lowest BCUT2D eigenvalue weighted by Crippen LogP contribution is -2.34. The van der Waals surface area contributed by atoms with Crippen molar-refractivity contribution in [3.8, 4) is 0 Å². The molecule has 1 aliphatic carbocycles. The molecular formula is C14H14N2O. The van der Waals surface area contributed by atoms with E-state index in [-0.39, 0.29) is 11.4 Å². The van der Waals surface area contributed by atoms with Crippen molar-refractivity contribution in [1.29, 1.82) is 0 Å². The quantitative estimate of drug-likeness (QED) is 0.829. The lowest BCUT2D eigenvalue weighted by molar-refractivity contribution is 0.0926. The summed E-state index contributed by atoms with van der Waals surface area (Å²) in [5, 5.41) is 3.12. The number of benzene rings is 1. The summed E-state index contributed by atoms with van der Waals surface area (Å²) in [5.41, 5.74) is 1.68. The molecule has 86 valence electrons. The summed E-state index contributed by atoms with van der Waals surface area (Å²) in [6.07, 6.45) is 3.80. The first-order valence-corrected chi connectivity index (χ1v) is 5.82. The van der Waals surface area contributed by atoms with Gasteiger partial charge in [0.15, 0.2) is 0 Å². The number of amides is 1. The van der Waals surface area contributed by atoms with Gasteiger partial charge in [-0.2, -0.15) is 0 Å². The van der Waals surface area contributed by atoms with Crippen LogP contribution in [0, 0.1) is 0 Å². The molecular weight excluding hydrogens is 212 g/mol. The molecule has 0 spiro atoms. The van der Waals surface area contributed by atoms with Crippen molar-refractivity contribution in [2.75, 3.05) is 0 Å². The Morgan fingerprint density at radius 3 is 2.47 bits per heavy atom. The van der Waals surface area contributed by atoms with E-state index < -0.39 is 0 Å². The van der Waals surface area contributed by atoms with Gasteiger partial charge in [-0.15, -0.1) is 0 Å². The maximum atomic E-state index is 12.0. The monoisotopic (exact) mass is 226 g/mol. The Hall–Kier alpha value is -2.03. The summed E-state index contributed by atoms with van der Waals surface area (Å²) in [4.78, 5) is 14.9. The molecule has 1 heterocycles. The number of aromatic nitrogens is 1. The van der Waals surface area contributed by atoms with Gasteiger partial charge in [0, 0.05) is 6.20 Å². The molecule has 3 rings (SSSR count). The second-order valence-corrected chi connectivity index (χ2v) is 4.49. The van der Waals surface area contributed by atoms with Crippen LogP contribution in [-0.2, 0) is 5.54 Å². The Morgan fingerprint density at radius 2 is 1.88 bits per heavy atom. The Bertz CT molecular complexity index is 512. The highest BCUT2D eigenvalue weighted by Gasteiger charge is 2.45. The van der Waals surface area contributed by atoms with Gasteiger partial charge in [-0.3, -0.25) is 4.79 Å². The maximum Gasteiger partial charge on any atom is 0.268 e. The lowest BCUT2D eigenvalue weighted by Gasteiger charge is -2.17. The van der Waals surface area contributed by atoms with Crippen LogP contribution in [0.5, 0.6) is 0 Å². The molecule has 2 aromatic rings. The second kappa shape index (κ2) is 3.77. The van der Waals surface area contributed by atoms with Crippen molar-refractivity contribution < 1.29 is 4.79 Å². The number of nitrogens with one attached hydrogen (secondary N) is 2. The average Bonchev–Trinajstić information content (AvgIpc) is 2.94. The molecule has 0 radical (unpaired) electrons. The molecule has 1 aliphatic rings. The van der Waals surface area contributed by atoms with E-state index in [1.54, 1.807) is 12.3 Å². The van der Waals surface area contributed by atoms with E-state index in [9.17, 15) is 4.79 Å². The molecule has 3 heteroatoms. The molecule has 0 bridgehead atoms. The molecule has 0 aliphatic heterocycles. The Labute approximate surface area is 99.9 Å². The van der Waals surface area contributed by atoms with E-state index in [1.807, 2.05) is 24.3 Å². The predicted octanol–water partition coefficient (Wildman–Crippen LogP) is 2.43. The minimum absolute atomic E-state index is 0.0312. The van der Waals surface area contributed by atoms with Gasteiger partial charge in [-0.1, -0.05) is 30.3 Å². The fourth-order valence-corrected chi connectivity index (χ4v) is 2.12. The fraction of sp³-hybridized carbons (Fsp3) is 0.214. The number of hydrogen-bond donors (Lipinski definition) is 2. The van der Waals surface area contributed by atoms with Gasteiger partial charge >= 0.3 is 0 Å². The minimum Gasteiger partial charge on any atom is -0.357 e. The number of aromatic amines is 1. The van der Waals surface area contributed by atoms with Crippen molar-refractivity contribution in [3.63, 3.8) is 0 Å². The molecule has 3 nitrogen and oxygen atoms in total. The van der Waals surface area contributed by atoms with Crippen LogP contribution in [0.2, 0.25) is 0 Å². The molecule has 1 aromatic heterocycles. The summed E-state index contributed by atoms with van der Waals surface area (Å²) in [7, 11) is 0. The van der Waals surface area contributed by atoms with Gasteiger partial charge in [0.05, 0.1) is 5.54 Å². The topological polar surface area (TPSA) is 44.9 Å². The van der Waals surface area contributed by atoms with Crippen molar-refractivity contribution in [3.05, 3.63) is 59.9 Å². The highest BCUT2D eigenvalue weighted by Crippen LogP contribution is 2.45. The molecule has 1 fully saturated rings. The average molecular weight is 226 g/mol. The standard InChI is InChI=1S/C14H14N2O/c17-13(12-7-4-10-15-12)16-14(8-9-14)11-5-2-1-3-6-11/h1-7,10,15H,8-9H2,(H,16,17). The first-order chi connectivity index (χ1) is 8.30.